The van der Waals surface area contributed by atoms with Crippen LogP contribution in [0.5, 0.6) is 0 Å². The summed E-state index contributed by atoms with van der Waals surface area (Å²) in [5.41, 5.74) is 0.721. The van der Waals surface area contributed by atoms with E-state index >= 15 is 0 Å². The molecule has 0 N–H and O–H groups in total. The summed E-state index contributed by atoms with van der Waals surface area (Å²) in [6.45, 7) is 0.561. The second kappa shape index (κ2) is 8.12. The number of nitrogens with zero attached hydrogens (tertiary/aromatic N) is 2. The van der Waals surface area contributed by atoms with Crippen LogP contribution in [0.4, 0.5) is 4.39 Å². The number of likely N-dealkylation sites (tertiary alicyclic amines) is 1. The summed E-state index contributed by atoms with van der Waals surface area (Å²) in [7, 11) is 1.34. The third-order valence-corrected chi connectivity index (χ3v) is 4.53. The predicted molar refractivity (Wildman–Crippen MR) is 91.6 cm³/mol. The number of ether oxygens (including phenoxy) is 1. The van der Waals surface area contributed by atoms with Gasteiger partial charge in [-0.05, 0) is 43.5 Å². The standard InChI is InChI=1S/C19H21FN2O4/c1-25-19(24)15-4-2-3-11-22(15)18(23)10-9-17-21-12-16(26-17)13-5-7-14(20)8-6-13/h5-8,12,15H,2-4,9-11H2,1H3. The van der Waals surface area contributed by atoms with Gasteiger partial charge in [0.25, 0.3) is 0 Å². The zero-order valence-corrected chi connectivity index (χ0v) is 14.6. The Balaban J connectivity index is 1.60. The zero-order valence-electron chi connectivity index (χ0n) is 14.6. The normalized spacial score (nSPS) is 17.2. The van der Waals surface area contributed by atoms with E-state index in [2.05, 4.69) is 4.98 Å². The summed E-state index contributed by atoms with van der Waals surface area (Å²) >= 11 is 0. The lowest BCUT2D eigenvalue weighted by Crippen LogP contribution is -2.48. The topological polar surface area (TPSA) is 72.6 Å². The van der Waals surface area contributed by atoms with Crippen LogP contribution in [0, 0.1) is 5.82 Å². The van der Waals surface area contributed by atoms with Crippen LogP contribution in [-0.4, -0.2) is 41.5 Å². The molecular weight excluding hydrogens is 339 g/mol. The lowest BCUT2D eigenvalue weighted by atomic mass is 10.0. The van der Waals surface area contributed by atoms with Crippen molar-refractivity contribution in [3.8, 4) is 11.3 Å². The van der Waals surface area contributed by atoms with Crippen molar-refractivity contribution in [3.05, 3.63) is 42.2 Å². The van der Waals surface area contributed by atoms with Crippen LogP contribution in [0.1, 0.15) is 31.6 Å². The summed E-state index contributed by atoms with van der Waals surface area (Å²) in [5.74, 6) is 0.164. The number of amides is 1. The highest BCUT2D eigenvalue weighted by molar-refractivity contribution is 5.84. The molecule has 0 radical (unpaired) electrons. The van der Waals surface area contributed by atoms with E-state index in [0.29, 0.717) is 31.0 Å². The maximum atomic E-state index is 13.0. The van der Waals surface area contributed by atoms with Crippen molar-refractivity contribution >= 4 is 11.9 Å². The Morgan fingerprint density at radius 2 is 2.08 bits per heavy atom. The summed E-state index contributed by atoms with van der Waals surface area (Å²) in [4.78, 5) is 30.2. The van der Waals surface area contributed by atoms with Gasteiger partial charge in [0.05, 0.1) is 13.3 Å². The number of rotatable bonds is 5. The van der Waals surface area contributed by atoms with Gasteiger partial charge in [-0.2, -0.15) is 0 Å². The number of hydrogen-bond donors (Lipinski definition) is 0. The van der Waals surface area contributed by atoms with E-state index in [0.717, 1.165) is 18.4 Å². The summed E-state index contributed by atoms with van der Waals surface area (Å²) < 4.78 is 23.4. The molecule has 2 heterocycles. The lowest BCUT2D eigenvalue weighted by Gasteiger charge is -2.33. The van der Waals surface area contributed by atoms with Crippen molar-refractivity contribution < 1.29 is 23.1 Å². The molecule has 138 valence electrons. The first kappa shape index (κ1) is 18.1. The van der Waals surface area contributed by atoms with Gasteiger partial charge >= 0.3 is 5.97 Å². The van der Waals surface area contributed by atoms with Crippen molar-refractivity contribution in [2.75, 3.05) is 13.7 Å². The molecule has 1 aromatic carbocycles. The van der Waals surface area contributed by atoms with Gasteiger partial charge in [-0.25, -0.2) is 14.2 Å². The Hall–Kier alpha value is -2.70. The van der Waals surface area contributed by atoms with E-state index in [-0.39, 0.29) is 24.1 Å². The van der Waals surface area contributed by atoms with E-state index in [9.17, 15) is 14.0 Å². The van der Waals surface area contributed by atoms with Gasteiger partial charge in [-0.3, -0.25) is 4.79 Å². The van der Waals surface area contributed by atoms with E-state index in [1.54, 1.807) is 23.2 Å². The Morgan fingerprint density at radius 3 is 2.81 bits per heavy atom. The minimum absolute atomic E-state index is 0.110. The molecule has 1 aliphatic rings. The van der Waals surface area contributed by atoms with Gasteiger partial charge in [0.2, 0.25) is 5.91 Å². The maximum absolute atomic E-state index is 13.0. The van der Waals surface area contributed by atoms with Crippen LogP contribution in [0.15, 0.2) is 34.9 Å². The molecule has 2 aromatic rings. The SMILES string of the molecule is COC(=O)C1CCCCN1C(=O)CCc1ncc(-c2ccc(F)cc2)o1. The quantitative estimate of drug-likeness (QED) is 0.767. The molecule has 1 saturated heterocycles. The number of carbonyl (C=O) groups excluding carboxylic acids is 2. The number of halogens is 1. The summed E-state index contributed by atoms with van der Waals surface area (Å²) in [6.07, 6.45) is 4.52. The Labute approximate surface area is 151 Å². The average molecular weight is 360 g/mol. The Kier molecular flexibility index (Phi) is 5.65. The summed E-state index contributed by atoms with van der Waals surface area (Å²) in [6, 6.07) is 5.42. The molecule has 0 bridgehead atoms. The van der Waals surface area contributed by atoms with Crippen LogP contribution < -0.4 is 0 Å². The smallest absolute Gasteiger partial charge is 0.328 e. The van der Waals surface area contributed by atoms with Gasteiger partial charge in [-0.1, -0.05) is 0 Å². The minimum atomic E-state index is -0.499. The third-order valence-electron chi connectivity index (χ3n) is 4.53. The summed E-state index contributed by atoms with van der Waals surface area (Å²) in [5, 5.41) is 0. The number of benzene rings is 1. The van der Waals surface area contributed by atoms with Crippen LogP contribution in [0.2, 0.25) is 0 Å². The van der Waals surface area contributed by atoms with E-state index in [1.165, 1.54) is 19.2 Å². The zero-order chi connectivity index (χ0) is 18.5. The van der Waals surface area contributed by atoms with Crippen molar-refractivity contribution in [2.24, 2.45) is 0 Å². The number of oxazole rings is 1. The van der Waals surface area contributed by atoms with Crippen molar-refractivity contribution in [2.45, 2.75) is 38.1 Å². The second-order valence-electron chi connectivity index (χ2n) is 6.25. The predicted octanol–water partition coefficient (Wildman–Crippen LogP) is 2.97. The first-order valence-electron chi connectivity index (χ1n) is 8.66. The molecule has 0 spiro atoms. The Morgan fingerprint density at radius 1 is 1.31 bits per heavy atom. The molecule has 26 heavy (non-hydrogen) atoms. The number of carbonyl (C=O) groups is 2. The van der Waals surface area contributed by atoms with Crippen LogP contribution in [-0.2, 0) is 20.7 Å². The second-order valence-corrected chi connectivity index (χ2v) is 6.25. The molecule has 1 fully saturated rings. The first-order valence-corrected chi connectivity index (χ1v) is 8.66. The molecular formula is C19H21FN2O4. The average Bonchev–Trinajstić information content (AvgIpc) is 3.15. The number of methoxy groups -OCH3 is 1. The molecule has 1 amide bonds. The molecule has 1 aliphatic heterocycles. The molecule has 0 aliphatic carbocycles. The van der Waals surface area contributed by atoms with E-state index in [1.807, 2.05) is 0 Å². The van der Waals surface area contributed by atoms with Gasteiger partial charge in [0.15, 0.2) is 11.7 Å². The number of hydrogen-bond acceptors (Lipinski definition) is 5. The highest BCUT2D eigenvalue weighted by atomic mass is 19.1. The molecule has 7 heteroatoms. The largest absolute Gasteiger partial charge is 0.467 e. The van der Waals surface area contributed by atoms with Crippen LogP contribution in [0.25, 0.3) is 11.3 Å². The Bertz CT molecular complexity index is 772. The maximum Gasteiger partial charge on any atom is 0.328 e. The number of aromatic nitrogens is 1. The van der Waals surface area contributed by atoms with Crippen LogP contribution in [0.3, 0.4) is 0 Å². The van der Waals surface area contributed by atoms with E-state index < -0.39 is 6.04 Å². The molecule has 1 aromatic heterocycles. The van der Waals surface area contributed by atoms with Gasteiger partial charge in [-0.15, -0.1) is 0 Å². The number of esters is 1. The van der Waals surface area contributed by atoms with Crippen molar-refractivity contribution in [3.63, 3.8) is 0 Å². The van der Waals surface area contributed by atoms with Crippen LogP contribution >= 0.6 is 0 Å². The lowest BCUT2D eigenvalue weighted by molar-refractivity contribution is -0.154. The van der Waals surface area contributed by atoms with Gasteiger partial charge in [0, 0.05) is 24.9 Å². The molecule has 1 atom stereocenters. The molecule has 6 nitrogen and oxygen atoms in total. The number of piperidine rings is 1. The monoisotopic (exact) mass is 360 g/mol. The molecule has 1 unspecified atom stereocenters. The fourth-order valence-electron chi connectivity index (χ4n) is 3.14. The van der Waals surface area contributed by atoms with Gasteiger partial charge in [0.1, 0.15) is 11.9 Å². The highest BCUT2D eigenvalue weighted by Crippen LogP contribution is 2.22. The molecule has 3 rings (SSSR count). The van der Waals surface area contributed by atoms with Gasteiger partial charge < -0.3 is 14.1 Å². The van der Waals surface area contributed by atoms with E-state index in [4.69, 9.17) is 9.15 Å². The highest BCUT2D eigenvalue weighted by Gasteiger charge is 2.32. The number of aryl methyl sites for hydroxylation is 1. The third kappa shape index (κ3) is 4.09. The molecule has 0 saturated carbocycles. The fraction of sp³-hybridized carbons (Fsp3) is 0.421. The van der Waals surface area contributed by atoms with Crippen molar-refractivity contribution in [1.82, 2.24) is 9.88 Å². The minimum Gasteiger partial charge on any atom is -0.467 e. The van der Waals surface area contributed by atoms with Crippen molar-refractivity contribution in [1.29, 1.82) is 0 Å². The fourth-order valence-corrected chi connectivity index (χ4v) is 3.14. The first-order chi connectivity index (χ1) is 12.6.